The molecule has 24 heavy (non-hydrogen) atoms. The fourth-order valence-corrected chi connectivity index (χ4v) is 2.83. The minimum atomic E-state index is 0.550. The highest BCUT2D eigenvalue weighted by atomic mass is 127. The molecule has 1 aromatic carbocycles. The van der Waals surface area contributed by atoms with Crippen molar-refractivity contribution < 1.29 is 14.0 Å². The van der Waals surface area contributed by atoms with Crippen LogP contribution >= 0.6 is 34.2 Å². The van der Waals surface area contributed by atoms with Gasteiger partial charge in [-0.25, -0.2) is 0 Å². The second-order valence-corrected chi connectivity index (χ2v) is 7.08. The molecule has 1 heterocycles. The van der Waals surface area contributed by atoms with Crippen molar-refractivity contribution in [1.29, 1.82) is 0 Å². The molecule has 0 saturated heterocycles. The minimum absolute atomic E-state index is 0.550. The average Bonchev–Trinajstić information content (AvgIpc) is 2.89. The van der Waals surface area contributed by atoms with Gasteiger partial charge < -0.3 is 14.0 Å². The lowest BCUT2D eigenvalue weighted by atomic mass is 10.1. The Morgan fingerprint density at radius 3 is 2.25 bits per heavy atom. The second kappa shape index (κ2) is 9.51. The van der Waals surface area contributed by atoms with Gasteiger partial charge in [0.1, 0.15) is 11.5 Å². The van der Waals surface area contributed by atoms with Crippen LogP contribution in [0.2, 0.25) is 5.02 Å². The standard InChI is InChI=1S/C18H23ClINO3/c1-4-6-8-22-15-11-16(23-9-7-5-2)14(19)10-13(15)18-17(20)12(3)21-24-18/h10-11H,4-9H2,1-3H3. The zero-order valence-corrected chi connectivity index (χ0v) is 17.2. The summed E-state index contributed by atoms with van der Waals surface area (Å²) < 4.78 is 18.2. The summed E-state index contributed by atoms with van der Waals surface area (Å²) >= 11 is 8.63. The van der Waals surface area contributed by atoms with Crippen molar-refractivity contribution in [2.75, 3.05) is 13.2 Å². The molecule has 0 unspecified atom stereocenters. The van der Waals surface area contributed by atoms with E-state index >= 15 is 0 Å². The maximum Gasteiger partial charge on any atom is 0.184 e. The van der Waals surface area contributed by atoms with Crippen LogP contribution in [-0.2, 0) is 0 Å². The maximum absolute atomic E-state index is 6.41. The molecular formula is C18H23ClINO3. The summed E-state index contributed by atoms with van der Waals surface area (Å²) in [5.41, 5.74) is 1.66. The van der Waals surface area contributed by atoms with E-state index in [1.807, 2.05) is 19.1 Å². The van der Waals surface area contributed by atoms with Gasteiger partial charge in [-0.3, -0.25) is 0 Å². The number of unbranched alkanes of at least 4 members (excludes halogenated alkanes) is 2. The van der Waals surface area contributed by atoms with Crippen LogP contribution in [0.1, 0.15) is 45.2 Å². The summed E-state index contributed by atoms with van der Waals surface area (Å²) in [6.07, 6.45) is 4.12. The Balaban J connectivity index is 2.36. The number of nitrogens with zero attached hydrogens (tertiary/aromatic N) is 1. The van der Waals surface area contributed by atoms with Gasteiger partial charge in [0.15, 0.2) is 5.76 Å². The predicted octanol–water partition coefficient (Wildman–Crippen LogP) is 6.27. The summed E-state index contributed by atoms with van der Waals surface area (Å²) in [6, 6.07) is 3.70. The first-order chi connectivity index (χ1) is 11.6. The molecule has 0 aliphatic carbocycles. The van der Waals surface area contributed by atoms with Crippen molar-refractivity contribution in [3.63, 3.8) is 0 Å². The van der Waals surface area contributed by atoms with E-state index < -0.39 is 0 Å². The van der Waals surface area contributed by atoms with Crippen LogP contribution in [0.25, 0.3) is 11.3 Å². The molecule has 6 heteroatoms. The summed E-state index contributed by atoms with van der Waals surface area (Å²) in [5, 5.41) is 4.58. The van der Waals surface area contributed by atoms with Crippen LogP contribution in [0.5, 0.6) is 11.5 Å². The van der Waals surface area contributed by atoms with Crippen LogP contribution in [-0.4, -0.2) is 18.4 Å². The Kier molecular flexibility index (Phi) is 7.68. The highest BCUT2D eigenvalue weighted by molar-refractivity contribution is 14.1. The second-order valence-electron chi connectivity index (χ2n) is 5.59. The summed E-state index contributed by atoms with van der Waals surface area (Å²) in [6.45, 7) is 7.46. The number of aryl methyl sites for hydroxylation is 1. The topological polar surface area (TPSA) is 44.5 Å². The van der Waals surface area contributed by atoms with Crippen molar-refractivity contribution in [3.8, 4) is 22.8 Å². The van der Waals surface area contributed by atoms with Crippen molar-refractivity contribution in [2.45, 2.75) is 46.5 Å². The third-order valence-corrected chi connectivity index (χ3v) is 5.15. The fourth-order valence-electron chi connectivity index (χ4n) is 2.12. The van der Waals surface area contributed by atoms with Gasteiger partial charge in [0.25, 0.3) is 0 Å². The molecule has 0 aliphatic rings. The number of hydrogen-bond acceptors (Lipinski definition) is 4. The van der Waals surface area contributed by atoms with Gasteiger partial charge in [-0.2, -0.15) is 0 Å². The molecule has 0 amide bonds. The normalized spacial score (nSPS) is 10.9. The number of benzene rings is 1. The highest BCUT2D eigenvalue weighted by Crippen LogP contribution is 2.41. The zero-order valence-electron chi connectivity index (χ0n) is 14.3. The van der Waals surface area contributed by atoms with E-state index in [4.69, 9.17) is 25.6 Å². The van der Waals surface area contributed by atoms with Gasteiger partial charge in [-0.1, -0.05) is 43.4 Å². The van der Waals surface area contributed by atoms with Crippen LogP contribution in [0.3, 0.4) is 0 Å². The molecule has 1 aromatic heterocycles. The molecular weight excluding hydrogens is 441 g/mol. The van der Waals surface area contributed by atoms with Gasteiger partial charge in [-0.15, -0.1) is 0 Å². The van der Waals surface area contributed by atoms with Gasteiger partial charge >= 0.3 is 0 Å². The molecule has 4 nitrogen and oxygen atoms in total. The Morgan fingerprint density at radius 2 is 1.71 bits per heavy atom. The van der Waals surface area contributed by atoms with Crippen molar-refractivity contribution >= 4 is 34.2 Å². The van der Waals surface area contributed by atoms with E-state index in [0.29, 0.717) is 35.5 Å². The molecule has 0 N–H and O–H groups in total. The molecule has 0 spiro atoms. The predicted molar refractivity (Wildman–Crippen MR) is 105 cm³/mol. The quantitative estimate of drug-likeness (QED) is 0.325. The first kappa shape index (κ1) is 19.4. The first-order valence-corrected chi connectivity index (χ1v) is 9.75. The minimum Gasteiger partial charge on any atom is -0.493 e. The lowest BCUT2D eigenvalue weighted by Crippen LogP contribution is -2.01. The third-order valence-electron chi connectivity index (χ3n) is 3.58. The summed E-state index contributed by atoms with van der Waals surface area (Å²) in [5.74, 6) is 2.04. The lowest BCUT2D eigenvalue weighted by Gasteiger charge is -2.14. The first-order valence-electron chi connectivity index (χ1n) is 8.29. The number of hydrogen-bond donors (Lipinski definition) is 0. The van der Waals surface area contributed by atoms with Crippen molar-refractivity contribution in [1.82, 2.24) is 5.16 Å². The van der Waals surface area contributed by atoms with Crippen molar-refractivity contribution in [2.24, 2.45) is 0 Å². The number of ether oxygens (including phenoxy) is 2. The molecule has 132 valence electrons. The Bertz CT molecular complexity index is 673. The van der Waals surface area contributed by atoms with E-state index in [-0.39, 0.29) is 0 Å². The SMILES string of the molecule is CCCCOc1cc(OCCCC)c(-c2onc(C)c2I)cc1Cl. The van der Waals surface area contributed by atoms with E-state index in [9.17, 15) is 0 Å². The molecule has 2 rings (SSSR count). The Morgan fingerprint density at radius 1 is 1.08 bits per heavy atom. The molecule has 0 fully saturated rings. The number of aromatic nitrogens is 1. The van der Waals surface area contributed by atoms with Crippen LogP contribution in [0.15, 0.2) is 16.7 Å². The zero-order chi connectivity index (χ0) is 17.5. The average molecular weight is 464 g/mol. The Hall–Kier alpha value is -0.950. The van der Waals surface area contributed by atoms with Gasteiger partial charge in [0, 0.05) is 6.07 Å². The smallest absolute Gasteiger partial charge is 0.184 e. The van der Waals surface area contributed by atoms with Crippen molar-refractivity contribution in [3.05, 3.63) is 26.4 Å². The summed E-state index contributed by atoms with van der Waals surface area (Å²) in [7, 11) is 0. The summed E-state index contributed by atoms with van der Waals surface area (Å²) in [4.78, 5) is 0. The van der Waals surface area contributed by atoms with Crippen LogP contribution < -0.4 is 9.47 Å². The highest BCUT2D eigenvalue weighted by Gasteiger charge is 2.20. The number of rotatable bonds is 9. The van der Waals surface area contributed by atoms with Crippen LogP contribution in [0, 0.1) is 10.5 Å². The largest absolute Gasteiger partial charge is 0.493 e. The van der Waals surface area contributed by atoms with Gasteiger partial charge in [0.05, 0.1) is 33.1 Å². The molecule has 0 aliphatic heterocycles. The molecule has 0 bridgehead atoms. The molecule has 0 atom stereocenters. The fraction of sp³-hybridized carbons (Fsp3) is 0.500. The molecule has 0 saturated carbocycles. The lowest BCUT2D eigenvalue weighted by molar-refractivity contribution is 0.294. The molecule has 0 radical (unpaired) electrons. The molecule has 2 aromatic rings. The van der Waals surface area contributed by atoms with E-state index in [1.165, 1.54) is 0 Å². The van der Waals surface area contributed by atoms with E-state index in [1.54, 1.807) is 0 Å². The van der Waals surface area contributed by atoms with Gasteiger partial charge in [0.2, 0.25) is 0 Å². The van der Waals surface area contributed by atoms with E-state index in [0.717, 1.165) is 40.5 Å². The maximum atomic E-state index is 6.41. The van der Waals surface area contributed by atoms with Crippen LogP contribution in [0.4, 0.5) is 0 Å². The van der Waals surface area contributed by atoms with E-state index in [2.05, 4.69) is 41.6 Å². The monoisotopic (exact) mass is 463 g/mol. The number of halogens is 2. The van der Waals surface area contributed by atoms with Gasteiger partial charge in [-0.05, 0) is 48.4 Å². The Labute approximate surface area is 162 Å². The third kappa shape index (κ3) is 4.79.